The molecule has 3 aromatic carbocycles. The normalized spacial score (nSPS) is 22.8. The number of rotatable bonds is 4. The van der Waals surface area contributed by atoms with E-state index in [0.717, 1.165) is 10.0 Å². The molecule has 31 heavy (non-hydrogen) atoms. The van der Waals surface area contributed by atoms with Crippen LogP contribution in [0.5, 0.6) is 5.75 Å². The van der Waals surface area contributed by atoms with Crippen LogP contribution in [-0.2, 0) is 21.0 Å². The van der Waals surface area contributed by atoms with Gasteiger partial charge in [-0.3, -0.25) is 19.3 Å². The Morgan fingerprint density at radius 1 is 0.903 bits per heavy atom. The van der Waals surface area contributed by atoms with E-state index in [1.165, 1.54) is 4.90 Å². The van der Waals surface area contributed by atoms with Gasteiger partial charge < -0.3 is 5.11 Å². The molecule has 0 spiro atoms. The molecule has 0 aromatic heterocycles. The molecule has 2 aliphatic rings. The molecule has 0 aliphatic carbocycles. The van der Waals surface area contributed by atoms with Crippen LogP contribution in [0.15, 0.2) is 83.3 Å². The third-order valence-corrected chi connectivity index (χ3v) is 6.20. The number of nitrogens with zero attached hydrogens (tertiary/aromatic N) is 2. The molecule has 156 valence electrons. The topological polar surface area (TPSA) is 70.1 Å². The fourth-order valence-electron chi connectivity index (χ4n) is 4.27. The molecule has 3 atom stereocenters. The van der Waals surface area contributed by atoms with Gasteiger partial charge in [0.1, 0.15) is 11.7 Å². The van der Waals surface area contributed by atoms with Gasteiger partial charge in [0.05, 0.1) is 18.3 Å². The van der Waals surface area contributed by atoms with Crippen molar-refractivity contribution in [3.05, 3.63) is 94.5 Å². The number of carbonyl (C=O) groups is 2. The van der Waals surface area contributed by atoms with Gasteiger partial charge in [0.2, 0.25) is 5.91 Å². The molecule has 2 aliphatic heterocycles. The van der Waals surface area contributed by atoms with E-state index < -0.39 is 18.1 Å². The van der Waals surface area contributed by atoms with Crippen molar-refractivity contribution in [2.45, 2.75) is 18.7 Å². The number of halogens is 1. The lowest BCUT2D eigenvalue weighted by Crippen LogP contribution is -2.37. The van der Waals surface area contributed by atoms with E-state index in [0.29, 0.717) is 11.3 Å². The number of hydrogen-bond donors (Lipinski definition) is 1. The van der Waals surface area contributed by atoms with Crippen molar-refractivity contribution in [2.75, 3.05) is 5.06 Å². The fourth-order valence-corrected chi connectivity index (χ4v) is 4.65. The molecule has 2 amide bonds. The van der Waals surface area contributed by atoms with E-state index in [1.807, 2.05) is 60.7 Å². The minimum Gasteiger partial charge on any atom is -0.508 e. The number of aromatic hydroxyl groups is 1. The van der Waals surface area contributed by atoms with Crippen molar-refractivity contribution in [2.24, 2.45) is 5.92 Å². The highest BCUT2D eigenvalue weighted by atomic mass is 79.9. The van der Waals surface area contributed by atoms with Crippen LogP contribution < -0.4 is 5.06 Å². The summed E-state index contributed by atoms with van der Waals surface area (Å²) in [4.78, 5) is 34.0. The Hall–Kier alpha value is -3.16. The summed E-state index contributed by atoms with van der Waals surface area (Å²) in [7, 11) is 0. The summed E-state index contributed by atoms with van der Waals surface area (Å²) in [5.74, 6) is -1.39. The summed E-state index contributed by atoms with van der Waals surface area (Å²) in [6.45, 7) is 0.192. The van der Waals surface area contributed by atoms with Gasteiger partial charge in [-0.15, -0.1) is 0 Å². The van der Waals surface area contributed by atoms with Crippen molar-refractivity contribution in [3.63, 3.8) is 0 Å². The van der Waals surface area contributed by atoms with Crippen LogP contribution in [0.1, 0.15) is 17.2 Å². The van der Waals surface area contributed by atoms with Crippen LogP contribution in [-0.4, -0.2) is 27.9 Å². The number of anilines is 1. The minimum atomic E-state index is -0.945. The average Bonchev–Trinajstić information content (AvgIpc) is 3.29. The highest BCUT2D eigenvalue weighted by molar-refractivity contribution is 9.10. The molecule has 6 nitrogen and oxygen atoms in total. The van der Waals surface area contributed by atoms with Crippen LogP contribution in [0.2, 0.25) is 0 Å². The van der Waals surface area contributed by atoms with E-state index >= 15 is 0 Å². The zero-order chi connectivity index (χ0) is 21.5. The summed E-state index contributed by atoms with van der Waals surface area (Å²) < 4.78 is 0.759. The smallest absolute Gasteiger partial charge is 0.262 e. The number of hydrogen-bond acceptors (Lipinski definition) is 5. The number of amides is 2. The maximum atomic E-state index is 13.5. The Morgan fingerprint density at radius 2 is 1.58 bits per heavy atom. The van der Waals surface area contributed by atoms with Crippen LogP contribution in [0, 0.1) is 5.92 Å². The largest absolute Gasteiger partial charge is 0.508 e. The van der Waals surface area contributed by atoms with Gasteiger partial charge in [-0.05, 0) is 35.9 Å². The maximum absolute atomic E-state index is 13.5. The first kappa shape index (κ1) is 19.8. The molecule has 3 aromatic rings. The Morgan fingerprint density at radius 3 is 2.29 bits per heavy atom. The van der Waals surface area contributed by atoms with Crippen molar-refractivity contribution in [1.82, 2.24) is 4.90 Å². The quantitative estimate of drug-likeness (QED) is 0.569. The molecule has 0 radical (unpaired) electrons. The highest BCUT2D eigenvalue weighted by Crippen LogP contribution is 2.49. The second-order valence-electron chi connectivity index (χ2n) is 7.61. The van der Waals surface area contributed by atoms with E-state index in [4.69, 9.17) is 4.84 Å². The maximum Gasteiger partial charge on any atom is 0.262 e. The second kappa shape index (κ2) is 7.83. The van der Waals surface area contributed by atoms with Gasteiger partial charge >= 0.3 is 0 Å². The summed E-state index contributed by atoms with van der Waals surface area (Å²) >= 11 is 3.44. The molecular weight excluding hydrogens is 460 g/mol. The van der Waals surface area contributed by atoms with Gasteiger partial charge in [-0.1, -0.05) is 64.5 Å². The molecule has 0 bridgehead atoms. The van der Waals surface area contributed by atoms with Crippen LogP contribution in [0.4, 0.5) is 5.69 Å². The molecule has 1 N–H and O–H groups in total. The molecule has 0 unspecified atom stereocenters. The number of likely N-dealkylation sites (tertiary alicyclic amines) is 1. The van der Waals surface area contributed by atoms with E-state index in [1.54, 1.807) is 23.3 Å². The van der Waals surface area contributed by atoms with E-state index in [-0.39, 0.29) is 24.1 Å². The summed E-state index contributed by atoms with van der Waals surface area (Å²) in [6, 6.07) is 23.1. The van der Waals surface area contributed by atoms with Gasteiger partial charge in [-0.25, -0.2) is 5.06 Å². The molecule has 2 heterocycles. The number of phenolic OH excluding ortho intramolecular Hbond substituents is 1. The third-order valence-electron chi connectivity index (χ3n) is 5.71. The Bertz CT molecular complexity index is 1140. The number of phenols is 1. The third kappa shape index (κ3) is 3.40. The lowest BCUT2D eigenvalue weighted by Gasteiger charge is -2.29. The SMILES string of the molecule is O=C1[C@@H]2[C@H](ON(c3ccccc3)[C@@H]2c2cc(Br)ccc2O)C(=O)N1Cc1ccccc1. The zero-order valence-corrected chi connectivity index (χ0v) is 18.0. The Kier molecular flexibility index (Phi) is 5.00. The first-order valence-corrected chi connectivity index (χ1v) is 10.7. The number of benzene rings is 3. The van der Waals surface area contributed by atoms with Gasteiger partial charge in [-0.2, -0.15) is 0 Å². The molecular formula is C24H19BrN2O4. The molecule has 2 fully saturated rings. The van der Waals surface area contributed by atoms with Crippen LogP contribution in [0.3, 0.4) is 0 Å². The average molecular weight is 479 g/mol. The monoisotopic (exact) mass is 478 g/mol. The summed E-state index contributed by atoms with van der Waals surface area (Å²) in [6.07, 6.45) is -0.945. The summed E-state index contributed by atoms with van der Waals surface area (Å²) in [5.41, 5.74) is 2.09. The highest BCUT2D eigenvalue weighted by Gasteiger charge is 2.60. The fraction of sp³-hybridized carbons (Fsp3) is 0.167. The minimum absolute atomic E-state index is 0.0418. The molecule has 2 saturated heterocycles. The molecule has 7 heteroatoms. The predicted octanol–water partition coefficient (Wildman–Crippen LogP) is 4.20. The van der Waals surface area contributed by atoms with Crippen LogP contribution >= 0.6 is 15.9 Å². The van der Waals surface area contributed by atoms with E-state index in [9.17, 15) is 14.7 Å². The standard InChI is InChI=1S/C24H19BrN2O4/c25-16-11-12-19(28)18(13-16)21-20-22(31-27(21)17-9-5-2-6-10-17)24(30)26(23(20)29)14-15-7-3-1-4-8-15/h1-13,20-22,28H,14H2/t20-,21+,22-/m0/s1. The lowest BCUT2D eigenvalue weighted by molar-refractivity contribution is -0.143. The Labute approximate surface area is 187 Å². The number of hydroxylamine groups is 1. The van der Waals surface area contributed by atoms with Crippen molar-refractivity contribution in [3.8, 4) is 5.75 Å². The van der Waals surface area contributed by atoms with Gasteiger partial charge in [0.25, 0.3) is 5.91 Å². The number of para-hydroxylation sites is 1. The first-order chi connectivity index (χ1) is 15.0. The number of imide groups is 1. The van der Waals surface area contributed by atoms with Crippen LogP contribution in [0.25, 0.3) is 0 Å². The first-order valence-electron chi connectivity index (χ1n) is 9.93. The van der Waals surface area contributed by atoms with Gasteiger partial charge in [0.15, 0.2) is 6.10 Å². The zero-order valence-electron chi connectivity index (χ0n) is 16.4. The van der Waals surface area contributed by atoms with Crippen molar-refractivity contribution < 1.29 is 19.5 Å². The number of carbonyl (C=O) groups excluding carboxylic acids is 2. The molecule has 0 saturated carbocycles. The summed E-state index contributed by atoms with van der Waals surface area (Å²) in [5, 5.41) is 12.2. The predicted molar refractivity (Wildman–Crippen MR) is 118 cm³/mol. The second-order valence-corrected chi connectivity index (χ2v) is 8.53. The van der Waals surface area contributed by atoms with Gasteiger partial charge in [0, 0.05) is 10.0 Å². The van der Waals surface area contributed by atoms with Crippen molar-refractivity contribution in [1.29, 1.82) is 0 Å². The van der Waals surface area contributed by atoms with Crippen molar-refractivity contribution >= 4 is 33.4 Å². The number of fused-ring (bicyclic) bond motifs is 1. The molecule has 5 rings (SSSR count). The Balaban J connectivity index is 1.56. The van der Waals surface area contributed by atoms with E-state index in [2.05, 4.69) is 15.9 Å². The lowest BCUT2D eigenvalue weighted by atomic mass is 9.90.